The Bertz CT molecular complexity index is 478. The molecule has 108 valence electrons. The molecule has 0 saturated carbocycles. The van der Waals surface area contributed by atoms with Gasteiger partial charge in [-0.3, -0.25) is 4.57 Å². The lowest BCUT2D eigenvalue weighted by molar-refractivity contribution is 0.0593. The zero-order valence-corrected chi connectivity index (χ0v) is 12.3. The topological polar surface area (TPSA) is 92.5 Å². The van der Waals surface area contributed by atoms with Gasteiger partial charge in [-0.2, -0.15) is 0 Å². The van der Waals surface area contributed by atoms with Crippen molar-refractivity contribution in [3.63, 3.8) is 0 Å². The summed E-state index contributed by atoms with van der Waals surface area (Å²) in [7, 11) is -2.03. The Morgan fingerprint density at radius 2 is 1.89 bits per heavy atom. The second-order valence-corrected chi connectivity index (χ2v) is 5.62. The van der Waals surface area contributed by atoms with Crippen molar-refractivity contribution < 1.29 is 23.1 Å². The Balaban J connectivity index is 2.95. The molecule has 0 atom stereocenters. The molecule has 1 aromatic heterocycles. The molecule has 1 rings (SSSR count). The van der Waals surface area contributed by atoms with Crippen LogP contribution >= 0.6 is 7.60 Å². The number of aromatic nitrogens is 3. The van der Waals surface area contributed by atoms with Crippen LogP contribution in [-0.2, 0) is 24.6 Å². The number of esters is 1. The zero-order valence-electron chi connectivity index (χ0n) is 11.5. The Labute approximate surface area is 111 Å². The lowest BCUT2D eigenvalue weighted by atomic mass is 10.3. The molecule has 0 aliphatic rings. The number of carbonyl (C=O) groups excluding carboxylic acids is 1. The Hall–Kier alpha value is -1.24. The molecule has 0 N–H and O–H groups in total. The van der Waals surface area contributed by atoms with Crippen LogP contribution in [0.1, 0.15) is 30.0 Å². The van der Waals surface area contributed by atoms with Gasteiger partial charge in [0.25, 0.3) is 0 Å². The van der Waals surface area contributed by atoms with E-state index in [-0.39, 0.29) is 25.2 Å². The predicted molar refractivity (Wildman–Crippen MR) is 67.0 cm³/mol. The summed E-state index contributed by atoms with van der Waals surface area (Å²) in [4.78, 5) is 11.4. The first-order valence-corrected chi connectivity index (χ1v) is 7.56. The van der Waals surface area contributed by atoms with Gasteiger partial charge in [-0.25, -0.2) is 9.48 Å². The van der Waals surface area contributed by atoms with Crippen LogP contribution in [-0.4, -0.2) is 41.3 Å². The average Bonchev–Trinajstić information content (AvgIpc) is 2.70. The van der Waals surface area contributed by atoms with Crippen molar-refractivity contribution in [1.82, 2.24) is 15.0 Å². The van der Waals surface area contributed by atoms with Crippen molar-refractivity contribution >= 4 is 13.6 Å². The first-order valence-electron chi connectivity index (χ1n) is 5.84. The summed E-state index contributed by atoms with van der Waals surface area (Å²) in [5, 5.41) is 7.46. The van der Waals surface area contributed by atoms with E-state index in [4.69, 9.17) is 9.05 Å². The van der Waals surface area contributed by atoms with Gasteiger partial charge >= 0.3 is 13.6 Å². The third-order valence-electron chi connectivity index (χ3n) is 2.32. The number of hydrogen-bond acceptors (Lipinski definition) is 7. The standard InChI is InChI=1S/C10H18N3O5P/c1-5-17-19(15,18-6-2)7-13-8(3)9(11-12-13)10(14)16-4/h5-7H2,1-4H3. The van der Waals surface area contributed by atoms with Gasteiger partial charge in [0.05, 0.1) is 26.0 Å². The molecular weight excluding hydrogens is 273 g/mol. The lowest BCUT2D eigenvalue weighted by Gasteiger charge is -2.17. The summed E-state index contributed by atoms with van der Waals surface area (Å²) < 4.78 is 28.5. The van der Waals surface area contributed by atoms with Crippen LogP contribution in [0, 0.1) is 6.92 Å². The molecule has 0 unspecified atom stereocenters. The highest BCUT2D eigenvalue weighted by Crippen LogP contribution is 2.49. The van der Waals surface area contributed by atoms with E-state index in [1.54, 1.807) is 20.8 Å². The number of ether oxygens (including phenoxy) is 1. The number of nitrogens with zero attached hydrogens (tertiary/aromatic N) is 3. The van der Waals surface area contributed by atoms with Crippen LogP contribution in [0.4, 0.5) is 0 Å². The third-order valence-corrected chi connectivity index (χ3v) is 4.24. The number of rotatable bonds is 7. The van der Waals surface area contributed by atoms with E-state index >= 15 is 0 Å². The summed E-state index contributed by atoms with van der Waals surface area (Å²) in [6, 6.07) is 0. The maximum atomic E-state index is 12.3. The second-order valence-electron chi connectivity index (χ2n) is 3.60. The normalized spacial score (nSPS) is 11.6. The number of carbonyl (C=O) groups is 1. The van der Waals surface area contributed by atoms with Gasteiger partial charge in [0, 0.05) is 0 Å². The van der Waals surface area contributed by atoms with Gasteiger partial charge in [-0.1, -0.05) is 5.21 Å². The summed E-state index contributed by atoms with van der Waals surface area (Å²) in [5.74, 6) is -0.591. The van der Waals surface area contributed by atoms with Crippen molar-refractivity contribution in [3.05, 3.63) is 11.4 Å². The molecule has 0 saturated heterocycles. The van der Waals surface area contributed by atoms with Gasteiger partial charge < -0.3 is 13.8 Å². The third kappa shape index (κ3) is 3.86. The summed E-state index contributed by atoms with van der Waals surface area (Å²) in [6.07, 6.45) is -0.0928. The molecule has 0 aliphatic carbocycles. The first kappa shape index (κ1) is 15.8. The Morgan fingerprint density at radius 1 is 1.32 bits per heavy atom. The highest BCUT2D eigenvalue weighted by atomic mass is 31.2. The first-order chi connectivity index (χ1) is 8.97. The second kappa shape index (κ2) is 6.79. The minimum atomic E-state index is -3.29. The van der Waals surface area contributed by atoms with Crippen LogP contribution < -0.4 is 0 Å². The molecule has 0 bridgehead atoms. The number of methoxy groups -OCH3 is 1. The Morgan fingerprint density at radius 3 is 2.37 bits per heavy atom. The van der Waals surface area contributed by atoms with Gasteiger partial charge in [0.1, 0.15) is 6.29 Å². The smallest absolute Gasteiger partial charge is 0.360 e. The van der Waals surface area contributed by atoms with Crippen LogP contribution in [0.15, 0.2) is 0 Å². The Kier molecular flexibility index (Phi) is 5.65. The van der Waals surface area contributed by atoms with Crippen molar-refractivity contribution in [2.45, 2.75) is 27.1 Å². The van der Waals surface area contributed by atoms with Crippen molar-refractivity contribution in [3.8, 4) is 0 Å². The number of hydrogen-bond donors (Lipinski definition) is 0. The molecular formula is C10H18N3O5P. The molecule has 0 spiro atoms. The fraction of sp³-hybridized carbons (Fsp3) is 0.700. The molecule has 0 aromatic carbocycles. The highest BCUT2D eigenvalue weighted by molar-refractivity contribution is 7.52. The van der Waals surface area contributed by atoms with E-state index in [2.05, 4.69) is 15.0 Å². The lowest BCUT2D eigenvalue weighted by Crippen LogP contribution is -2.09. The average molecular weight is 291 g/mol. The van der Waals surface area contributed by atoms with Gasteiger partial charge in [-0.15, -0.1) is 5.10 Å². The van der Waals surface area contributed by atoms with Gasteiger partial charge in [0.2, 0.25) is 0 Å². The van der Waals surface area contributed by atoms with E-state index in [1.165, 1.54) is 11.8 Å². The maximum Gasteiger partial charge on any atom is 0.360 e. The molecule has 8 nitrogen and oxygen atoms in total. The minimum absolute atomic E-state index is 0.0852. The van der Waals surface area contributed by atoms with E-state index < -0.39 is 13.6 Å². The molecule has 1 heterocycles. The molecule has 9 heteroatoms. The summed E-state index contributed by atoms with van der Waals surface area (Å²) in [6.45, 7) is 5.59. The van der Waals surface area contributed by atoms with Crippen LogP contribution in [0.25, 0.3) is 0 Å². The van der Waals surface area contributed by atoms with Crippen molar-refractivity contribution in [1.29, 1.82) is 0 Å². The molecule has 0 amide bonds. The SMILES string of the molecule is CCOP(=O)(Cn1nnc(C(=O)OC)c1C)OCC. The van der Waals surface area contributed by atoms with Crippen LogP contribution in [0.5, 0.6) is 0 Å². The highest BCUT2D eigenvalue weighted by Gasteiger charge is 2.27. The summed E-state index contributed by atoms with van der Waals surface area (Å²) in [5.41, 5.74) is 0.536. The largest absolute Gasteiger partial charge is 0.464 e. The molecule has 0 fully saturated rings. The quantitative estimate of drug-likeness (QED) is 0.556. The molecule has 0 aliphatic heterocycles. The van der Waals surface area contributed by atoms with E-state index in [0.29, 0.717) is 5.69 Å². The predicted octanol–water partition coefficient (Wildman–Crippen LogP) is 1.60. The van der Waals surface area contributed by atoms with Gasteiger partial charge in [-0.05, 0) is 20.8 Å². The van der Waals surface area contributed by atoms with E-state index in [1.807, 2.05) is 0 Å². The fourth-order valence-electron chi connectivity index (χ4n) is 1.46. The zero-order chi connectivity index (χ0) is 14.5. The van der Waals surface area contributed by atoms with Crippen LogP contribution in [0.2, 0.25) is 0 Å². The van der Waals surface area contributed by atoms with Crippen LogP contribution in [0.3, 0.4) is 0 Å². The minimum Gasteiger partial charge on any atom is -0.464 e. The molecule has 19 heavy (non-hydrogen) atoms. The fourth-order valence-corrected chi connectivity index (χ4v) is 3.08. The molecule has 1 aromatic rings. The van der Waals surface area contributed by atoms with Crippen molar-refractivity contribution in [2.24, 2.45) is 0 Å². The monoisotopic (exact) mass is 291 g/mol. The molecule has 0 radical (unpaired) electrons. The van der Waals surface area contributed by atoms with Gasteiger partial charge in [0.15, 0.2) is 5.69 Å². The summed E-state index contributed by atoms with van der Waals surface area (Å²) >= 11 is 0. The van der Waals surface area contributed by atoms with Crippen molar-refractivity contribution in [2.75, 3.05) is 20.3 Å². The maximum absolute atomic E-state index is 12.3. The van der Waals surface area contributed by atoms with E-state index in [9.17, 15) is 9.36 Å². The van der Waals surface area contributed by atoms with E-state index in [0.717, 1.165) is 0 Å².